The average molecular weight is 512 g/mol. The fourth-order valence-corrected chi connectivity index (χ4v) is 4.62. The van der Waals surface area contributed by atoms with Crippen molar-refractivity contribution in [1.29, 1.82) is 0 Å². The Bertz CT molecular complexity index is 1450. The molecule has 3 amide bonds. The van der Waals surface area contributed by atoms with Crippen LogP contribution in [0.15, 0.2) is 53.4 Å². The van der Waals surface area contributed by atoms with Crippen LogP contribution in [-0.4, -0.2) is 44.1 Å². The smallest absolute Gasteiger partial charge is 0.335 e. The van der Waals surface area contributed by atoms with Gasteiger partial charge in [0.25, 0.3) is 11.1 Å². The van der Waals surface area contributed by atoms with Crippen molar-refractivity contribution in [2.75, 3.05) is 11.9 Å². The standard InChI is InChI=1S/C25H19F2N3O5S/c1-13-9-16(14(2)30(13)18-6-3-15(4-7-18)24(33)34)10-21-23(32)29(25(35)36-21)12-22(31)28-20-8-5-17(26)11-19(20)27/h3-11H,12H2,1-2H3,(H,28,31)(H,33,34)/b21-10+. The highest BCUT2D eigenvalue weighted by atomic mass is 32.2. The van der Waals surface area contributed by atoms with Crippen LogP contribution in [0.25, 0.3) is 11.8 Å². The number of carboxylic acids is 1. The van der Waals surface area contributed by atoms with E-state index in [1.807, 2.05) is 24.5 Å². The Labute approximate surface area is 208 Å². The number of rotatable bonds is 6. The number of carboxylic acid groups (broad SMARTS) is 1. The highest BCUT2D eigenvalue weighted by Crippen LogP contribution is 2.34. The van der Waals surface area contributed by atoms with E-state index in [-0.39, 0.29) is 16.2 Å². The van der Waals surface area contributed by atoms with E-state index in [9.17, 15) is 28.0 Å². The number of anilines is 1. The lowest BCUT2D eigenvalue weighted by molar-refractivity contribution is -0.127. The number of nitrogens with zero attached hydrogens (tertiary/aromatic N) is 2. The van der Waals surface area contributed by atoms with Crippen molar-refractivity contribution in [2.24, 2.45) is 0 Å². The van der Waals surface area contributed by atoms with E-state index in [1.54, 1.807) is 18.2 Å². The predicted molar refractivity (Wildman–Crippen MR) is 130 cm³/mol. The maximum absolute atomic E-state index is 13.8. The minimum absolute atomic E-state index is 0.113. The SMILES string of the molecule is Cc1cc(/C=C2/SC(=O)N(CC(=O)Nc3ccc(F)cc3F)C2=O)c(C)n1-c1ccc(C(=O)O)cc1. The van der Waals surface area contributed by atoms with Gasteiger partial charge in [0.05, 0.1) is 16.2 Å². The summed E-state index contributed by atoms with van der Waals surface area (Å²) in [6.07, 6.45) is 1.55. The van der Waals surface area contributed by atoms with E-state index in [2.05, 4.69) is 5.32 Å². The van der Waals surface area contributed by atoms with Gasteiger partial charge in [-0.1, -0.05) is 0 Å². The Kier molecular flexibility index (Phi) is 6.75. The number of benzene rings is 2. The van der Waals surface area contributed by atoms with Gasteiger partial charge >= 0.3 is 5.97 Å². The molecule has 1 aliphatic rings. The Balaban J connectivity index is 1.52. The summed E-state index contributed by atoms with van der Waals surface area (Å²) < 4.78 is 28.7. The van der Waals surface area contributed by atoms with Gasteiger partial charge in [-0.25, -0.2) is 13.6 Å². The van der Waals surface area contributed by atoms with Gasteiger partial charge in [-0.3, -0.25) is 19.3 Å². The van der Waals surface area contributed by atoms with Crippen molar-refractivity contribution >= 4 is 46.5 Å². The topological polar surface area (TPSA) is 109 Å². The molecule has 1 saturated heterocycles. The van der Waals surface area contributed by atoms with Crippen LogP contribution in [0.4, 0.5) is 19.3 Å². The van der Waals surface area contributed by atoms with E-state index in [1.165, 1.54) is 12.1 Å². The third-order valence-corrected chi connectivity index (χ3v) is 6.42. The summed E-state index contributed by atoms with van der Waals surface area (Å²) in [5, 5.41) is 10.7. The van der Waals surface area contributed by atoms with E-state index < -0.39 is 41.2 Å². The molecule has 0 atom stereocenters. The number of aromatic nitrogens is 1. The van der Waals surface area contributed by atoms with Gasteiger partial charge in [0.2, 0.25) is 5.91 Å². The van der Waals surface area contributed by atoms with Crippen molar-refractivity contribution in [3.63, 3.8) is 0 Å². The van der Waals surface area contributed by atoms with Crippen molar-refractivity contribution in [1.82, 2.24) is 9.47 Å². The van der Waals surface area contributed by atoms with E-state index in [4.69, 9.17) is 5.11 Å². The number of carbonyl (C=O) groups excluding carboxylic acids is 3. The number of thioether (sulfide) groups is 1. The maximum Gasteiger partial charge on any atom is 0.335 e. The van der Waals surface area contributed by atoms with Gasteiger partial charge in [0, 0.05) is 23.1 Å². The van der Waals surface area contributed by atoms with Gasteiger partial charge in [0.15, 0.2) is 0 Å². The summed E-state index contributed by atoms with van der Waals surface area (Å²) in [7, 11) is 0. The lowest BCUT2D eigenvalue weighted by atomic mass is 10.2. The average Bonchev–Trinajstić information content (AvgIpc) is 3.24. The number of amides is 3. The van der Waals surface area contributed by atoms with Gasteiger partial charge in [-0.05, 0) is 79.7 Å². The highest BCUT2D eigenvalue weighted by Gasteiger charge is 2.36. The van der Waals surface area contributed by atoms with Crippen LogP contribution in [-0.2, 0) is 9.59 Å². The summed E-state index contributed by atoms with van der Waals surface area (Å²) >= 11 is 0.675. The quantitative estimate of drug-likeness (QED) is 0.463. The molecular weight excluding hydrogens is 492 g/mol. The zero-order chi connectivity index (χ0) is 26.1. The fraction of sp³-hybridized carbons (Fsp3) is 0.120. The second kappa shape index (κ2) is 9.78. The molecule has 0 saturated carbocycles. The minimum Gasteiger partial charge on any atom is -0.478 e. The normalized spacial score (nSPS) is 14.6. The number of halogens is 2. The molecule has 1 fully saturated rings. The summed E-state index contributed by atoms with van der Waals surface area (Å²) in [5.74, 6) is -4.30. The van der Waals surface area contributed by atoms with Gasteiger partial charge in [0.1, 0.15) is 18.2 Å². The molecule has 36 heavy (non-hydrogen) atoms. The molecule has 0 radical (unpaired) electrons. The molecule has 11 heteroatoms. The molecule has 2 aromatic carbocycles. The van der Waals surface area contributed by atoms with Crippen LogP contribution in [0.1, 0.15) is 27.3 Å². The molecule has 1 aliphatic heterocycles. The van der Waals surface area contributed by atoms with Crippen LogP contribution in [0, 0.1) is 25.5 Å². The third-order valence-electron chi connectivity index (χ3n) is 5.51. The number of nitrogens with one attached hydrogen (secondary N) is 1. The fourth-order valence-electron chi connectivity index (χ4n) is 3.79. The zero-order valence-corrected chi connectivity index (χ0v) is 19.9. The Hall–Kier alpha value is -4.25. The summed E-state index contributed by atoms with van der Waals surface area (Å²) in [5.41, 5.74) is 2.85. The molecule has 0 spiro atoms. The first-order valence-electron chi connectivity index (χ1n) is 10.6. The van der Waals surface area contributed by atoms with Crippen LogP contribution in [0.2, 0.25) is 0 Å². The third kappa shape index (κ3) is 4.91. The first-order valence-corrected chi connectivity index (χ1v) is 11.4. The molecule has 3 aromatic rings. The molecular formula is C25H19F2N3O5S. The molecule has 0 bridgehead atoms. The molecule has 0 aliphatic carbocycles. The molecule has 2 N–H and O–H groups in total. The van der Waals surface area contributed by atoms with Gasteiger partial charge in [-0.15, -0.1) is 0 Å². The lowest BCUT2D eigenvalue weighted by Crippen LogP contribution is -2.36. The Morgan fingerprint density at radius 1 is 1.06 bits per heavy atom. The molecule has 1 aromatic heterocycles. The molecule has 2 heterocycles. The van der Waals surface area contributed by atoms with E-state index in [0.717, 1.165) is 34.1 Å². The summed E-state index contributed by atoms with van der Waals surface area (Å²) in [4.78, 5) is 49.5. The van der Waals surface area contributed by atoms with E-state index in [0.29, 0.717) is 23.4 Å². The lowest BCUT2D eigenvalue weighted by Gasteiger charge is -2.12. The Morgan fingerprint density at radius 3 is 2.39 bits per heavy atom. The van der Waals surface area contributed by atoms with Crippen molar-refractivity contribution in [3.8, 4) is 5.69 Å². The number of hydrogen-bond acceptors (Lipinski definition) is 5. The largest absolute Gasteiger partial charge is 0.478 e. The van der Waals surface area contributed by atoms with Crippen molar-refractivity contribution in [2.45, 2.75) is 13.8 Å². The Morgan fingerprint density at radius 2 is 1.75 bits per heavy atom. The number of hydrogen-bond donors (Lipinski definition) is 2. The predicted octanol–water partition coefficient (Wildman–Crippen LogP) is 4.75. The zero-order valence-electron chi connectivity index (χ0n) is 19.0. The van der Waals surface area contributed by atoms with Crippen molar-refractivity contribution in [3.05, 3.63) is 87.6 Å². The number of aromatic carboxylic acids is 1. The maximum atomic E-state index is 13.8. The monoisotopic (exact) mass is 511 g/mol. The van der Waals surface area contributed by atoms with Crippen LogP contribution in [0.5, 0.6) is 0 Å². The van der Waals surface area contributed by atoms with Crippen LogP contribution in [0.3, 0.4) is 0 Å². The summed E-state index contributed by atoms with van der Waals surface area (Å²) in [6.45, 7) is 3.03. The number of aryl methyl sites for hydroxylation is 1. The minimum atomic E-state index is -1.03. The van der Waals surface area contributed by atoms with E-state index >= 15 is 0 Å². The molecule has 4 rings (SSSR count). The molecule has 0 unspecified atom stereocenters. The first kappa shape index (κ1) is 24.9. The highest BCUT2D eigenvalue weighted by molar-refractivity contribution is 8.18. The molecule has 8 nitrogen and oxygen atoms in total. The van der Waals surface area contributed by atoms with Crippen LogP contribution < -0.4 is 5.32 Å². The first-order chi connectivity index (χ1) is 17.0. The second-order valence-electron chi connectivity index (χ2n) is 7.95. The summed E-state index contributed by atoms with van der Waals surface area (Å²) in [6, 6.07) is 10.8. The number of carbonyl (C=O) groups is 4. The van der Waals surface area contributed by atoms with Gasteiger partial charge < -0.3 is 15.0 Å². The number of imide groups is 1. The second-order valence-corrected chi connectivity index (χ2v) is 8.95. The van der Waals surface area contributed by atoms with Crippen LogP contribution >= 0.6 is 11.8 Å². The van der Waals surface area contributed by atoms with Gasteiger partial charge in [-0.2, -0.15) is 0 Å². The van der Waals surface area contributed by atoms with Crippen molar-refractivity contribution < 1.29 is 33.1 Å². The molecule has 184 valence electrons.